The molecule has 0 spiro atoms. The summed E-state index contributed by atoms with van der Waals surface area (Å²) < 4.78 is 3.29. The number of nitro groups is 1. The van der Waals surface area contributed by atoms with E-state index in [1.54, 1.807) is 33.5 Å². The molecule has 0 radical (unpaired) electrons. The molecular weight excluding hydrogens is 428 g/mol. The van der Waals surface area contributed by atoms with Gasteiger partial charge in [-0.2, -0.15) is 9.61 Å². The Morgan fingerprint density at radius 2 is 1.77 bits per heavy atom. The number of halogens is 1. The van der Waals surface area contributed by atoms with Crippen LogP contribution in [0.1, 0.15) is 5.69 Å². The van der Waals surface area contributed by atoms with Crippen LogP contribution in [0.2, 0.25) is 5.02 Å². The van der Waals surface area contributed by atoms with Crippen molar-refractivity contribution < 1.29 is 4.92 Å². The van der Waals surface area contributed by atoms with E-state index in [9.17, 15) is 10.1 Å². The smallest absolute Gasteiger partial charge is 0.258 e. The fourth-order valence-electron chi connectivity index (χ4n) is 2.97. The molecule has 0 atom stereocenters. The number of nitro benzene ring substituents is 1. The van der Waals surface area contributed by atoms with Crippen molar-refractivity contribution in [3.63, 3.8) is 0 Å². The lowest BCUT2D eigenvalue weighted by Gasteiger charge is -2.03. The molecule has 0 aliphatic rings. The Morgan fingerprint density at radius 3 is 2.47 bits per heavy atom. The molecule has 0 bridgehead atoms. The normalized spacial score (nSPS) is 11.3. The summed E-state index contributed by atoms with van der Waals surface area (Å²) in [5.41, 5.74) is 2.93. The molecule has 3 aromatic heterocycles. The zero-order valence-electron chi connectivity index (χ0n) is 15.3. The van der Waals surface area contributed by atoms with E-state index in [0.29, 0.717) is 26.5 Å². The molecule has 10 nitrogen and oxygen atoms in total. The van der Waals surface area contributed by atoms with Crippen molar-refractivity contribution in [2.24, 2.45) is 0 Å². The third kappa shape index (κ3) is 3.00. The second-order valence-electron chi connectivity index (χ2n) is 6.34. The van der Waals surface area contributed by atoms with Gasteiger partial charge in [-0.15, -0.1) is 15.3 Å². The van der Waals surface area contributed by atoms with Crippen LogP contribution in [-0.2, 0) is 0 Å². The lowest BCUT2D eigenvalue weighted by Crippen LogP contribution is -1.99. The van der Waals surface area contributed by atoms with Crippen LogP contribution in [0.5, 0.6) is 0 Å². The minimum Gasteiger partial charge on any atom is -0.258 e. The molecule has 0 amide bonds. The Balaban J connectivity index is 1.54. The van der Waals surface area contributed by atoms with Crippen molar-refractivity contribution in [2.45, 2.75) is 6.92 Å². The van der Waals surface area contributed by atoms with Crippen LogP contribution < -0.4 is 0 Å². The Bertz CT molecular complexity index is 1390. The van der Waals surface area contributed by atoms with E-state index in [0.717, 1.165) is 16.9 Å². The first-order valence-electron chi connectivity index (χ1n) is 8.67. The quantitative estimate of drug-likeness (QED) is 0.307. The van der Waals surface area contributed by atoms with Gasteiger partial charge in [0.15, 0.2) is 5.69 Å². The van der Waals surface area contributed by atoms with Crippen LogP contribution in [-0.4, -0.2) is 39.7 Å². The van der Waals surface area contributed by atoms with Crippen LogP contribution >= 0.6 is 22.9 Å². The summed E-state index contributed by atoms with van der Waals surface area (Å²) in [6, 6.07) is 13.5. The van der Waals surface area contributed by atoms with Crippen molar-refractivity contribution in [3.05, 3.63) is 69.4 Å². The highest BCUT2D eigenvalue weighted by Crippen LogP contribution is 2.29. The number of hydrogen-bond donors (Lipinski definition) is 0. The molecule has 2 aromatic carbocycles. The van der Waals surface area contributed by atoms with E-state index in [2.05, 4.69) is 25.6 Å². The molecule has 5 rings (SSSR count). The van der Waals surface area contributed by atoms with Crippen molar-refractivity contribution >= 4 is 33.6 Å². The highest BCUT2D eigenvalue weighted by Gasteiger charge is 2.21. The molecule has 0 fully saturated rings. The fourth-order valence-corrected chi connectivity index (χ4v) is 3.94. The van der Waals surface area contributed by atoms with Gasteiger partial charge in [0, 0.05) is 22.7 Å². The first kappa shape index (κ1) is 18.3. The average Bonchev–Trinajstić information content (AvgIpc) is 3.43. The molecule has 148 valence electrons. The molecule has 30 heavy (non-hydrogen) atoms. The van der Waals surface area contributed by atoms with Gasteiger partial charge >= 0.3 is 0 Å². The number of benzene rings is 2. The SMILES string of the molecule is Cc1c(-c2nnc3sc(-c4ccc([N+](=O)[O-])cc4)nn23)nnn1-c1ccc(Cl)cc1. The summed E-state index contributed by atoms with van der Waals surface area (Å²) in [4.78, 5) is 11.0. The lowest BCUT2D eigenvalue weighted by atomic mass is 10.2. The topological polar surface area (TPSA) is 117 Å². The number of hydrogen-bond acceptors (Lipinski definition) is 8. The Labute approximate surface area is 177 Å². The van der Waals surface area contributed by atoms with Gasteiger partial charge in [0.05, 0.1) is 16.3 Å². The number of non-ortho nitro benzene ring substituents is 1. The Hall–Kier alpha value is -3.70. The van der Waals surface area contributed by atoms with Crippen molar-refractivity contribution in [1.82, 2.24) is 34.8 Å². The lowest BCUT2D eigenvalue weighted by molar-refractivity contribution is -0.384. The molecule has 0 aliphatic heterocycles. The van der Waals surface area contributed by atoms with E-state index in [1.165, 1.54) is 23.5 Å². The molecule has 0 aliphatic carbocycles. The monoisotopic (exact) mass is 438 g/mol. The number of fused-ring (bicyclic) bond motifs is 1. The van der Waals surface area contributed by atoms with Crippen LogP contribution in [0.15, 0.2) is 48.5 Å². The molecular formula is C18H11ClN8O2S. The van der Waals surface area contributed by atoms with Gasteiger partial charge in [-0.1, -0.05) is 28.2 Å². The first-order valence-corrected chi connectivity index (χ1v) is 9.86. The van der Waals surface area contributed by atoms with Crippen LogP contribution in [0.4, 0.5) is 5.69 Å². The van der Waals surface area contributed by atoms with Gasteiger partial charge < -0.3 is 0 Å². The average molecular weight is 439 g/mol. The number of aromatic nitrogens is 7. The van der Waals surface area contributed by atoms with Gasteiger partial charge in [-0.05, 0) is 43.3 Å². The zero-order valence-corrected chi connectivity index (χ0v) is 16.9. The van der Waals surface area contributed by atoms with Gasteiger partial charge in [-0.3, -0.25) is 10.1 Å². The maximum Gasteiger partial charge on any atom is 0.269 e. The van der Waals surface area contributed by atoms with Crippen molar-refractivity contribution in [2.75, 3.05) is 0 Å². The molecule has 0 saturated carbocycles. The summed E-state index contributed by atoms with van der Waals surface area (Å²) in [6.07, 6.45) is 0. The van der Waals surface area contributed by atoms with Crippen LogP contribution in [0, 0.1) is 17.0 Å². The maximum absolute atomic E-state index is 10.9. The zero-order chi connectivity index (χ0) is 20.8. The first-order chi connectivity index (χ1) is 14.5. The predicted octanol–water partition coefficient (Wildman–Crippen LogP) is 3.97. The van der Waals surface area contributed by atoms with Gasteiger partial charge in [0.25, 0.3) is 5.69 Å². The molecule has 0 unspecified atom stereocenters. The van der Waals surface area contributed by atoms with E-state index in [1.807, 2.05) is 19.1 Å². The highest BCUT2D eigenvalue weighted by atomic mass is 35.5. The molecule has 12 heteroatoms. The fraction of sp³-hybridized carbons (Fsp3) is 0.0556. The standard InChI is InChI=1S/C18H11ClN8O2S/c1-10-15(20-24-25(10)13-8-4-12(19)5-9-13)16-21-22-18-26(16)23-17(30-18)11-2-6-14(7-3-11)27(28)29/h2-9H,1H3. The second kappa shape index (κ2) is 6.97. The van der Waals surface area contributed by atoms with Crippen molar-refractivity contribution in [3.8, 4) is 27.8 Å². The minimum absolute atomic E-state index is 0.0249. The van der Waals surface area contributed by atoms with E-state index < -0.39 is 4.92 Å². The van der Waals surface area contributed by atoms with Crippen LogP contribution in [0.25, 0.3) is 32.7 Å². The van der Waals surface area contributed by atoms with Gasteiger partial charge in [-0.25, -0.2) is 4.68 Å². The predicted molar refractivity (Wildman–Crippen MR) is 111 cm³/mol. The number of rotatable bonds is 4. The van der Waals surface area contributed by atoms with Gasteiger partial charge in [0.1, 0.15) is 5.01 Å². The molecule has 3 heterocycles. The molecule has 0 saturated heterocycles. The van der Waals surface area contributed by atoms with Crippen molar-refractivity contribution in [1.29, 1.82) is 0 Å². The Kier molecular flexibility index (Phi) is 4.26. The summed E-state index contributed by atoms with van der Waals surface area (Å²) in [5.74, 6) is 0.465. The third-order valence-corrected chi connectivity index (χ3v) is 5.69. The summed E-state index contributed by atoms with van der Waals surface area (Å²) in [5, 5.41) is 33.6. The van der Waals surface area contributed by atoms with Crippen LogP contribution in [0.3, 0.4) is 0 Å². The van der Waals surface area contributed by atoms with E-state index in [-0.39, 0.29) is 5.69 Å². The Morgan fingerprint density at radius 1 is 1.03 bits per heavy atom. The number of nitrogens with zero attached hydrogens (tertiary/aromatic N) is 8. The largest absolute Gasteiger partial charge is 0.269 e. The summed E-state index contributed by atoms with van der Waals surface area (Å²) in [6.45, 7) is 1.88. The van der Waals surface area contributed by atoms with E-state index in [4.69, 9.17) is 11.6 Å². The minimum atomic E-state index is -0.437. The molecule has 0 N–H and O–H groups in total. The summed E-state index contributed by atoms with van der Waals surface area (Å²) in [7, 11) is 0. The third-order valence-electron chi connectivity index (χ3n) is 4.49. The van der Waals surface area contributed by atoms with E-state index >= 15 is 0 Å². The highest BCUT2D eigenvalue weighted by molar-refractivity contribution is 7.19. The summed E-state index contributed by atoms with van der Waals surface area (Å²) >= 11 is 7.29. The van der Waals surface area contributed by atoms with Gasteiger partial charge in [0.2, 0.25) is 10.8 Å². The second-order valence-corrected chi connectivity index (χ2v) is 7.73. The molecule has 5 aromatic rings. The maximum atomic E-state index is 10.9.